The molecule has 0 radical (unpaired) electrons. The van der Waals surface area contributed by atoms with Crippen LogP contribution in [0.15, 0.2) is 113 Å². The maximum atomic E-state index is 12.3. The zero-order valence-corrected chi connectivity index (χ0v) is 19.1. The number of aromatic amines is 1. The van der Waals surface area contributed by atoms with Crippen LogP contribution in [0.2, 0.25) is 0 Å². The highest BCUT2D eigenvalue weighted by molar-refractivity contribution is 5.47. The summed E-state index contributed by atoms with van der Waals surface area (Å²) in [5.41, 5.74) is 7.53. The van der Waals surface area contributed by atoms with Crippen LogP contribution < -0.4 is 17.0 Å². The lowest BCUT2D eigenvalue weighted by atomic mass is 9.80. The highest BCUT2D eigenvalue weighted by Crippen LogP contribution is 2.41. The lowest BCUT2D eigenvalue weighted by Crippen LogP contribution is -2.40. The SMILES string of the molecule is N[C@H]1C[C@H](n2ccc(=O)[nH]c2=O)O[C@@H]1COC(c1ccccc1)(c1ccccc1)c1ccccc1. The molecule has 3 N–H and O–H groups in total. The van der Waals surface area contributed by atoms with Crippen LogP contribution in [0.25, 0.3) is 0 Å². The molecule has 2 heterocycles. The van der Waals surface area contributed by atoms with E-state index >= 15 is 0 Å². The van der Waals surface area contributed by atoms with Gasteiger partial charge in [0.25, 0.3) is 5.56 Å². The zero-order chi connectivity index (χ0) is 24.3. The van der Waals surface area contributed by atoms with E-state index in [1.54, 1.807) is 0 Å². The van der Waals surface area contributed by atoms with E-state index in [0.717, 1.165) is 16.7 Å². The summed E-state index contributed by atoms with van der Waals surface area (Å²) in [4.78, 5) is 26.0. The number of rotatable bonds is 7. The Labute approximate surface area is 202 Å². The molecule has 0 unspecified atom stereocenters. The van der Waals surface area contributed by atoms with Crippen LogP contribution in [0.4, 0.5) is 0 Å². The van der Waals surface area contributed by atoms with Crippen LogP contribution in [-0.2, 0) is 15.1 Å². The van der Waals surface area contributed by atoms with Crippen LogP contribution in [-0.4, -0.2) is 28.3 Å². The summed E-state index contributed by atoms with van der Waals surface area (Å²) in [5.74, 6) is 0. The van der Waals surface area contributed by atoms with Crippen LogP contribution >= 0.6 is 0 Å². The van der Waals surface area contributed by atoms with Gasteiger partial charge in [-0.25, -0.2) is 4.79 Å². The molecule has 1 saturated heterocycles. The molecule has 0 saturated carbocycles. The quantitative estimate of drug-likeness (QED) is 0.405. The Balaban J connectivity index is 1.50. The fraction of sp³-hybridized carbons (Fsp3) is 0.214. The first-order valence-electron chi connectivity index (χ1n) is 11.6. The molecule has 0 bridgehead atoms. The Kier molecular flexibility index (Phi) is 6.46. The van der Waals surface area contributed by atoms with Crippen LogP contribution in [0, 0.1) is 0 Å². The van der Waals surface area contributed by atoms with Gasteiger partial charge in [0.05, 0.1) is 12.7 Å². The molecule has 1 fully saturated rings. The first-order chi connectivity index (χ1) is 17.1. The van der Waals surface area contributed by atoms with Crippen molar-refractivity contribution in [2.24, 2.45) is 5.73 Å². The van der Waals surface area contributed by atoms with Gasteiger partial charge in [0.15, 0.2) is 0 Å². The number of hydrogen-bond acceptors (Lipinski definition) is 5. The van der Waals surface area contributed by atoms with E-state index < -0.39 is 29.2 Å². The van der Waals surface area contributed by atoms with Crippen molar-refractivity contribution in [1.82, 2.24) is 9.55 Å². The molecule has 1 aliphatic heterocycles. The van der Waals surface area contributed by atoms with E-state index in [2.05, 4.69) is 41.4 Å². The number of H-pyrrole nitrogens is 1. The number of nitrogens with one attached hydrogen (secondary N) is 1. The van der Waals surface area contributed by atoms with E-state index in [1.807, 2.05) is 54.6 Å². The van der Waals surface area contributed by atoms with Gasteiger partial charge in [0, 0.05) is 24.7 Å². The average molecular weight is 470 g/mol. The predicted molar refractivity (Wildman–Crippen MR) is 133 cm³/mol. The zero-order valence-electron chi connectivity index (χ0n) is 19.1. The summed E-state index contributed by atoms with van der Waals surface area (Å²) in [6, 6.07) is 31.2. The fourth-order valence-corrected chi connectivity index (χ4v) is 4.71. The van der Waals surface area contributed by atoms with Gasteiger partial charge >= 0.3 is 5.69 Å². The van der Waals surface area contributed by atoms with E-state index in [9.17, 15) is 9.59 Å². The topological polar surface area (TPSA) is 99.3 Å². The molecule has 0 aliphatic carbocycles. The second-order valence-corrected chi connectivity index (χ2v) is 8.64. The van der Waals surface area contributed by atoms with Crippen molar-refractivity contribution in [3.63, 3.8) is 0 Å². The number of aromatic nitrogens is 2. The average Bonchev–Trinajstić information content (AvgIpc) is 3.26. The first-order valence-corrected chi connectivity index (χ1v) is 11.6. The Morgan fingerprint density at radius 1 is 0.857 bits per heavy atom. The molecule has 4 aromatic rings. The smallest absolute Gasteiger partial charge is 0.330 e. The van der Waals surface area contributed by atoms with Crippen molar-refractivity contribution in [2.75, 3.05) is 6.61 Å². The highest BCUT2D eigenvalue weighted by Gasteiger charge is 2.41. The minimum Gasteiger partial charge on any atom is -0.358 e. The van der Waals surface area contributed by atoms with Gasteiger partial charge < -0.3 is 15.2 Å². The number of benzene rings is 3. The Hall–Kier alpha value is -3.78. The molecule has 0 amide bonds. The van der Waals surface area contributed by atoms with E-state index in [4.69, 9.17) is 15.2 Å². The van der Waals surface area contributed by atoms with Crippen molar-refractivity contribution in [3.8, 4) is 0 Å². The van der Waals surface area contributed by atoms with Crippen LogP contribution in [0.1, 0.15) is 29.3 Å². The third-order valence-electron chi connectivity index (χ3n) is 6.45. The molecule has 7 heteroatoms. The van der Waals surface area contributed by atoms with E-state index in [-0.39, 0.29) is 12.6 Å². The molecule has 1 aromatic heterocycles. The van der Waals surface area contributed by atoms with Gasteiger partial charge in [0.1, 0.15) is 11.8 Å². The summed E-state index contributed by atoms with van der Waals surface area (Å²) in [6.45, 7) is 0.203. The van der Waals surface area contributed by atoms with Crippen molar-refractivity contribution >= 4 is 0 Å². The molecule has 5 rings (SSSR count). The molecule has 0 spiro atoms. The Morgan fingerprint density at radius 3 is 1.86 bits per heavy atom. The minimum atomic E-state index is -0.889. The Morgan fingerprint density at radius 2 is 1.37 bits per heavy atom. The summed E-state index contributed by atoms with van der Waals surface area (Å²) >= 11 is 0. The van der Waals surface area contributed by atoms with Gasteiger partial charge in [-0.3, -0.25) is 14.3 Å². The predicted octanol–water partition coefficient (Wildman–Crippen LogP) is 3.16. The number of ether oxygens (including phenoxy) is 2. The maximum Gasteiger partial charge on any atom is 0.330 e. The van der Waals surface area contributed by atoms with Gasteiger partial charge in [-0.2, -0.15) is 0 Å². The lowest BCUT2D eigenvalue weighted by Gasteiger charge is -2.37. The highest BCUT2D eigenvalue weighted by atomic mass is 16.6. The first kappa shape index (κ1) is 23.0. The van der Waals surface area contributed by atoms with Crippen molar-refractivity contribution in [3.05, 3.63) is 141 Å². The molecule has 3 aromatic carbocycles. The summed E-state index contributed by atoms with van der Waals surface area (Å²) in [6.07, 6.45) is 0.829. The maximum absolute atomic E-state index is 12.3. The molecular formula is C28H27N3O4. The number of nitrogens with two attached hydrogens (primary N) is 1. The molecule has 35 heavy (non-hydrogen) atoms. The van der Waals surface area contributed by atoms with Gasteiger partial charge in [-0.15, -0.1) is 0 Å². The van der Waals surface area contributed by atoms with Crippen molar-refractivity contribution in [1.29, 1.82) is 0 Å². The lowest BCUT2D eigenvalue weighted by molar-refractivity contribution is -0.0796. The number of hydrogen-bond donors (Lipinski definition) is 2. The van der Waals surface area contributed by atoms with E-state index in [1.165, 1.54) is 16.8 Å². The largest absolute Gasteiger partial charge is 0.358 e. The van der Waals surface area contributed by atoms with Gasteiger partial charge in [0.2, 0.25) is 0 Å². The monoisotopic (exact) mass is 469 g/mol. The minimum absolute atomic E-state index is 0.203. The fourth-order valence-electron chi connectivity index (χ4n) is 4.71. The van der Waals surface area contributed by atoms with Gasteiger partial charge in [-0.1, -0.05) is 91.0 Å². The molecular weight excluding hydrogens is 442 g/mol. The van der Waals surface area contributed by atoms with Crippen molar-refractivity contribution < 1.29 is 9.47 Å². The number of nitrogens with zero attached hydrogens (tertiary/aromatic N) is 1. The summed E-state index contributed by atoms with van der Waals surface area (Å²) < 4.78 is 14.4. The Bertz CT molecular complexity index is 1270. The van der Waals surface area contributed by atoms with Crippen LogP contribution in [0.3, 0.4) is 0 Å². The summed E-state index contributed by atoms with van der Waals surface area (Å²) in [5, 5.41) is 0. The van der Waals surface area contributed by atoms with E-state index in [0.29, 0.717) is 6.42 Å². The molecule has 7 nitrogen and oxygen atoms in total. The normalized spacial score (nSPS) is 20.1. The standard InChI is InChI=1S/C28H27N3O4/c29-23-18-26(31-17-16-25(32)30-27(31)33)35-24(23)19-34-28(20-10-4-1-5-11-20,21-12-6-2-7-13-21)22-14-8-3-9-15-22/h1-17,23-24,26H,18-19,29H2,(H,30,32,33)/t23-,24+,26+/m0/s1. The molecule has 3 atom stereocenters. The van der Waals surface area contributed by atoms with Crippen molar-refractivity contribution in [2.45, 2.75) is 30.4 Å². The third-order valence-corrected chi connectivity index (χ3v) is 6.45. The third kappa shape index (κ3) is 4.49. The molecule has 1 aliphatic rings. The second-order valence-electron chi connectivity index (χ2n) is 8.64. The molecule has 178 valence electrons. The summed E-state index contributed by atoms with van der Waals surface area (Å²) in [7, 11) is 0. The van der Waals surface area contributed by atoms with Gasteiger partial charge in [-0.05, 0) is 16.7 Å². The second kappa shape index (κ2) is 9.84. The van der Waals surface area contributed by atoms with Crippen LogP contribution in [0.5, 0.6) is 0 Å².